The molecule has 7 nitrogen and oxygen atoms in total. The Morgan fingerprint density at radius 1 is 1.03 bits per heavy atom. The summed E-state index contributed by atoms with van der Waals surface area (Å²) < 4.78 is 27.5. The van der Waals surface area contributed by atoms with Crippen LogP contribution >= 0.6 is 0 Å². The molecule has 1 atom stereocenters. The third-order valence-corrected chi connectivity index (χ3v) is 8.12. The number of piperidine rings is 1. The van der Waals surface area contributed by atoms with Crippen molar-refractivity contribution in [2.45, 2.75) is 44.4 Å². The number of hydrogen-bond donors (Lipinski definition) is 1. The van der Waals surface area contributed by atoms with Crippen molar-refractivity contribution in [3.63, 3.8) is 0 Å². The summed E-state index contributed by atoms with van der Waals surface area (Å²) in [7, 11) is -3.63. The highest BCUT2D eigenvalue weighted by Gasteiger charge is 2.33. The van der Waals surface area contributed by atoms with Crippen LogP contribution < -0.4 is 10.2 Å². The number of nitrogens with zero attached hydrogens (tertiary/aromatic N) is 2. The Hall–Kier alpha value is -2.71. The van der Waals surface area contributed by atoms with Gasteiger partial charge in [0.05, 0.1) is 10.8 Å². The molecule has 0 radical (unpaired) electrons. The fraction of sp³-hybridized carbons (Fsp3) is 0.417. The normalized spacial score (nSPS) is 19.9. The van der Waals surface area contributed by atoms with Gasteiger partial charge in [0, 0.05) is 37.4 Å². The van der Waals surface area contributed by atoms with Crippen LogP contribution in [0.4, 0.5) is 11.4 Å². The Balaban J connectivity index is 1.44. The van der Waals surface area contributed by atoms with Gasteiger partial charge < -0.3 is 10.2 Å². The van der Waals surface area contributed by atoms with Gasteiger partial charge in [-0.1, -0.05) is 17.7 Å². The first-order valence-corrected chi connectivity index (χ1v) is 12.5. The van der Waals surface area contributed by atoms with Gasteiger partial charge >= 0.3 is 0 Å². The molecule has 8 heteroatoms. The first kappa shape index (κ1) is 22.5. The quantitative estimate of drug-likeness (QED) is 0.748. The van der Waals surface area contributed by atoms with Gasteiger partial charge in [-0.2, -0.15) is 4.31 Å². The van der Waals surface area contributed by atoms with Gasteiger partial charge in [-0.3, -0.25) is 9.59 Å². The number of anilines is 2. The molecular weight excluding hydrogens is 426 g/mol. The van der Waals surface area contributed by atoms with E-state index in [1.165, 1.54) is 4.31 Å². The minimum absolute atomic E-state index is 0.127. The summed E-state index contributed by atoms with van der Waals surface area (Å²) in [6.07, 6.45) is 2.71. The third kappa shape index (κ3) is 4.56. The zero-order chi connectivity index (χ0) is 22.9. The maximum Gasteiger partial charge on any atom is 0.243 e. The number of hydrogen-bond acceptors (Lipinski definition) is 4. The molecule has 1 unspecified atom stereocenters. The zero-order valence-corrected chi connectivity index (χ0v) is 19.3. The number of rotatable bonds is 5. The molecule has 2 aliphatic rings. The monoisotopic (exact) mass is 455 g/mol. The summed E-state index contributed by atoms with van der Waals surface area (Å²) in [5.41, 5.74) is 3.44. The van der Waals surface area contributed by atoms with Gasteiger partial charge in [-0.25, -0.2) is 8.42 Å². The standard InChI is InChI=1S/C24H29N3O4S/c1-17-7-10-21(11-8-17)32(30,31)26-13-3-5-19(16-26)24(29)25-20-9-12-22(18(2)15-20)27-14-4-6-23(27)28/h7-12,15,19H,3-6,13-14,16H2,1-2H3,(H,25,29). The lowest BCUT2D eigenvalue weighted by Gasteiger charge is -2.31. The van der Waals surface area contributed by atoms with E-state index < -0.39 is 15.9 Å². The molecule has 2 aromatic rings. The van der Waals surface area contributed by atoms with Gasteiger partial charge in [-0.05, 0) is 69.0 Å². The zero-order valence-electron chi connectivity index (χ0n) is 18.5. The van der Waals surface area contributed by atoms with Crippen molar-refractivity contribution in [2.24, 2.45) is 5.92 Å². The molecule has 2 aromatic carbocycles. The molecule has 2 saturated heterocycles. The fourth-order valence-corrected chi connectivity index (χ4v) is 5.94. The molecule has 1 N–H and O–H groups in total. The summed E-state index contributed by atoms with van der Waals surface area (Å²) in [5.74, 6) is -0.468. The second kappa shape index (κ2) is 9.03. The lowest BCUT2D eigenvalue weighted by molar-refractivity contribution is -0.121. The van der Waals surface area contributed by atoms with Gasteiger partial charge in [-0.15, -0.1) is 0 Å². The predicted molar refractivity (Wildman–Crippen MR) is 124 cm³/mol. The van der Waals surface area contributed by atoms with Crippen LogP contribution in [0.1, 0.15) is 36.8 Å². The highest BCUT2D eigenvalue weighted by atomic mass is 32.2. The van der Waals surface area contributed by atoms with E-state index in [-0.39, 0.29) is 23.3 Å². The molecule has 4 rings (SSSR count). The fourth-order valence-electron chi connectivity index (χ4n) is 4.42. The van der Waals surface area contributed by atoms with Crippen LogP contribution in [0.5, 0.6) is 0 Å². The maximum absolute atomic E-state index is 13.0. The van der Waals surface area contributed by atoms with Crippen molar-refractivity contribution in [1.29, 1.82) is 0 Å². The second-order valence-corrected chi connectivity index (χ2v) is 10.6. The van der Waals surface area contributed by atoms with Crippen molar-refractivity contribution >= 4 is 33.2 Å². The topological polar surface area (TPSA) is 86.8 Å². The van der Waals surface area contributed by atoms with E-state index in [0.29, 0.717) is 31.5 Å². The number of carbonyl (C=O) groups excluding carboxylic acids is 2. The van der Waals surface area contributed by atoms with Gasteiger partial charge in [0.15, 0.2) is 0 Å². The van der Waals surface area contributed by atoms with E-state index in [1.807, 2.05) is 26.0 Å². The van der Waals surface area contributed by atoms with E-state index in [2.05, 4.69) is 5.32 Å². The molecule has 170 valence electrons. The number of benzene rings is 2. The lowest BCUT2D eigenvalue weighted by Crippen LogP contribution is -2.43. The minimum Gasteiger partial charge on any atom is -0.326 e. The molecule has 0 bridgehead atoms. The summed E-state index contributed by atoms with van der Waals surface area (Å²) >= 11 is 0. The number of carbonyl (C=O) groups is 2. The van der Waals surface area contributed by atoms with Crippen LogP contribution in [0.2, 0.25) is 0 Å². The molecule has 0 aromatic heterocycles. The van der Waals surface area contributed by atoms with Gasteiger partial charge in [0.1, 0.15) is 0 Å². The Bertz CT molecular complexity index is 1130. The summed E-state index contributed by atoms with van der Waals surface area (Å²) in [4.78, 5) is 27.0. The third-order valence-electron chi connectivity index (χ3n) is 6.24. The van der Waals surface area contributed by atoms with E-state index in [1.54, 1.807) is 35.2 Å². The minimum atomic E-state index is -3.63. The average molecular weight is 456 g/mol. The molecule has 2 fully saturated rings. The average Bonchev–Trinajstić information content (AvgIpc) is 3.20. The van der Waals surface area contributed by atoms with Crippen LogP contribution in [-0.4, -0.2) is 44.2 Å². The van der Waals surface area contributed by atoms with Crippen LogP contribution in [-0.2, 0) is 19.6 Å². The summed E-state index contributed by atoms with van der Waals surface area (Å²) in [5, 5.41) is 2.94. The molecule has 2 heterocycles. The first-order valence-electron chi connectivity index (χ1n) is 11.0. The lowest BCUT2D eigenvalue weighted by atomic mass is 9.98. The van der Waals surface area contributed by atoms with E-state index in [9.17, 15) is 18.0 Å². The molecular formula is C24H29N3O4S. The van der Waals surface area contributed by atoms with Crippen LogP contribution in [0.3, 0.4) is 0 Å². The Kier molecular flexibility index (Phi) is 6.35. The van der Waals surface area contributed by atoms with Gasteiger partial charge in [0.25, 0.3) is 0 Å². The molecule has 0 aliphatic carbocycles. The number of sulfonamides is 1. The molecule has 2 amide bonds. The number of amides is 2. The summed E-state index contributed by atoms with van der Waals surface area (Å²) in [6.45, 7) is 5.14. The number of nitrogens with one attached hydrogen (secondary N) is 1. The maximum atomic E-state index is 13.0. The van der Waals surface area contributed by atoms with E-state index in [0.717, 1.165) is 29.8 Å². The van der Waals surface area contributed by atoms with Crippen molar-refractivity contribution < 1.29 is 18.0 Å². The largest absolute Gasteiger partial charge is 0.326 e. The molecule has 2 aliphatic heterocycles. The number of aryl methyl sites for hydroxylation is 2. The summed E-state index contributed by atoms with van der Waals surface area (Å²) in [6, 6.07) is 12.3. The smallest absolute Gasteiger partial charge is 0.243 e. The van der Waals surface area contributed by atoms with Crippen molar-refractivity contribution in [2.75, 3.05) is 29.9 Å². The second-order valence-electron chi connectivity index (χ2n) is 8.65. The predicted octanol–water partition coefficient (Wildman–Crippen LogP) is 3.47. The SMILES string of the molecule is Cc1ccc(S(=O)(=O)N2CCCC(C(=O)Nc3ccc(N4CCCC4=O)c(C)c3)C2)cc1. The highest BCUT2D eigenvalue weighted by Crippen LogP contribution is 2.29. The van der Waals surface area contributed by atoms with Crippen molar-refractivity contribution in [3.05, 3.63) is 53.6 Å². The molecule has 0 spiro atoms. The van der Waals surface area contributed by atoms with Crippen LogP contribution in [0.25, 0.3) is 0 Å². The Morgan fingerprint density at radius 3 is 2.44 bits per heavy atom. The molecule has 0 saturated carbocycles. The first-order chi connectivity index (χ1) is 15.3. The van der Waals surface area contributed by atoms with Gasteiger partial charge in [0.2, 0.25) is 21.8 Å². The van der Waals surface area contributed by atoms with E-state index in [4.69, 9.17) is 0 Å². The van der Waals surface area contributed by atoms with Crippen molar-refractivity contribution in [3.8, 4) is 0 Å². The Labute approximate surface area is 189 Å². The Morgan fingerprint density at radius 2 is 1.78 bits per heavy atom. The van der Waals surface area contributed by atoms with Crippen LogP contribution in [0.15, 0.2) is 47.4 Å². The van der Waals surface area contributed by atoms with E-state index >= 15 is 0 Å². The molecule has 32 heavy (non-hydrogen) atoms. The highest BCUT2D eigenvalue weighted by molar-refractivity contribution is 7.89. The van der Waals surface area contributed by atoms with Crippen molar-refractivity contribution in [1.82, 2.24) is 4.31 Å². The van der Waals surface area contributed by atoms with Crippen LogP contribution in [0, 0.1) is 19.8 Å².